The number of aromatic nitrogens is 1. The first-order chi connectivity index (χ1) is 23.2. The van der Waals surface area contributed by atoms with Crippen LogP contribution in [0.25, 0.3) is 17.4 Å². The number of allylic oxidation sites excluding steroid dienone is 1. The molecule has 1 aliphatic heterocycles. The van der Waals surface area contributed by atoms with Gasteiger partial charge in [-0.15, -0.1) is 0 Å². The Bertz CT molecular complexity index is 2070. The molecule has 0 aliphatic carbocycles. The number of thiazole rings is 1. The van der Waals surface area contributed by atoms with Crippen molar-refractivity contribution in [2.75, 3.05) is 33.5 Å². The number of carbonyl (C=O) groups is 3. The van der Waals surface area contributed by atoms with E-state index in [9.17, 15) is 19.2 Å². The lowest BCUT2D eigenvalue weighted by atomic mass is 9.95. The number of carbonyl (C=O) groups excluding carboxylic acids is 3. The Hall–Kier alpha value is -5.43. The molecule has 1 atom stereocenters. The third-order valence-corrected chi connectivity index (χ3v) is 8.21. The number of methoxy groups -OCH3 is 1. The van der Waals surface area contributed by atoms with Crippen molar-refractivity contribution in [1.29, 1.82) is 0 Å². The van der Waals surface area contributed by atoms with Crippen molar-refractivity contribution in [3.05, 3.63) is 102 Å². The van der Waals surface area contributed by atoms with Gasteiger partial charge in [0, 0.05) is 11.6 Å². The second-order valence-electron chi connectivity index (χ2n) is 10.3. The molecule has 0 unspecified atom stereocenters. The van der Waals surface area contributed by atoms with E-state index in [4.69, 9.17) is 23.4 Å². The zero-order valence-electron chi connectivity index (χ0n) is 27.1. The number of hydrogen-bond donors (Lipinski definition) is 0. The number of fused-ring (bicyclic) bond motifs is 1. The Kier molecular flexibility index (Phi) is 10.6. The molecule has 3 heterocycles. The van der Waals surface area contributed by atoms with Gasteiger partial charge in [-0.3, -0.25) is 9.36 Å². The topological polar surface area (TPSA) is 145 Å². The molecular formula is C35H34N2O10S. The lowest BCUT2D eigenvalue weighted by Gasteiger charge is -2.25. The van der Waals surface area contributed by atoms with Crippen LogP contribution in [0.1, 0.15) is 55.4 Å². The summed E-state index contributed by atoms with van der Waals surface area (Å²) >= 11 is 1.15. The summed E-state index contributed by atoms with van der Waals surface area (Å²) in [5.74, 6) is -0.103. The quantitative estimate of drug-likeness (QED) is 0.159. The van der Waals surface area contributed by atoms with Crippen LogP contribution in [-0.4, -0.2) is 56.0 Å². The average molecular weight is 675 g/mol. The van der Waals surface area contributed by atoms with Gasteiger partial charge in [-0.2, -0.15) is 0 Å². The van der Waals surface area contributed by atoms with Crippen molar-refractivity contribution in [3.8, 4) is 22.8 Å². The molecule has 0 fully saturated rings. The van der Waals surface area contributed by atoms with E-state index in [1.165, 1.54) is 11.7 Å². The first-order valence-corrected chi connectivity index (χ1v) is 16.0. The monoisotopic (exact) mass is 674 g/mol. The minimum Gasteiger partial charge on any atom is -0.490 e. The first kappa shape index (κ1) is 33.9. The van der Waals surface area contributed by atoms with Gasteiger partial charge in [0.25, 0.3) is 5.56 Å². The first-order valence-electron chi connectivity index (χ1n) is 15.2. The molecule has 0 amide bonds. The SMILES string of the molecule is CCOC(=O)C1=C(C)N=c2s/c(=C/c3ccc(-c4cccc(C(=O)OCC)c4)o3)c(=O)n2[C@@H]1c1ccc(OCC(=O)OC)c(OCC)c1. The van der Waals surface area contributed by atoms with Gasteiger partial charge in [0.2, 0.25) is 0 Å². The summed E-state index contributed by atoms with van der Waals surface area (Å²) in [6.07, 6.45) is 1.61. The normalized spacial score (nSPS) is 14.2. The molecule has 0 saturated heterocycles. The van der Waals surface area contributed by atoms with Crippen molar-refractivity contribution < 1.29 is 42.5 Å². The lowest BCUT2D eigenvalue weighted by Crippen LogP contribution is -2.40. The van der Waals surface area contributed by atoms with E-state index >= 15 is 0 Å². The molecule has 0 saturated carbocycles. The van der Waals surface area contributed by atoms with Gasteiger partial charge in [-0.05, 0) is 69.7 Å². The van der Waals surface area contributed by atoms with E-state index in [0.29, 0.717) is 61.3 Å². The molecule has 5 rings (SSSR count). The van der Waals surface area contributed by atoms with Gasteiger partial charge in [0.15, 0.2) is 22.9 Å². The third-order valence-electron chi connectivity index (χ3n) is 7.23. The molecule has 0 bridgehead atoms. The smallest absolute Gasteiger partial charge is 0.343 e. The van der Waals surface area contributed by atoms with Crippen molar-refractivity contribution >= 4 is 35.3 Å². The maximum Gasteiger partial charge on any atom is 0.343 e. The van der Waals surface area contributed by atoms with E-state index in [1.54, 1.807) is 88.4 Å². The van der Waals surface area contributed by atoms with Crippen LogP contribution in [0.2, 0.25) is 0 Å². The highest BCUT2D eigenvalue weighted by Crippen LogP contribution is 2.36. The fourth-order valence-electron chi connectivity index (χ4n) is 5.11. The Labute approximate surface area is 279 Å². The van der Waals surface area contributed by atoms with Gasteiger partial charge < -0.3 is 28.1 Å². The van der Waals surface area contributed by atoms with Crippen LogP contribution in [0.3, 0.4) is 0 Å². The predicted octanol–water partition coefficient (Wildman–Crippen LogP) is 4.19. The van der Waals surface area contributed by atoms with Gasteiger partial charge in [0.1, 0.15) is 11.5 Å². The van der Waals surface area contributed by atoms with Crippen molar-refractivity contribution in [3.63, 3.8) is 0 Å². The predicted molar refractivity (Wildman–Crippen MR) is 176 cm³/mol. The average Bonchev–Trinajstić information content (AvgIpc) is 3.67. The molecule has 2 aromatic heterocycles. The largest absolute Gasteiger partial charge is 0.490 e. The summed E-state index contributed by atoms with van der Waals surface area (Å²) < 4.78 is 34.4. The summed E-state index contributed by atoms with van der Waals surface area (Å²) in [7, 11) is 1.26. The van der Waals surface area contributed by atoms with E-state index in [1.807, 2.05) is 0 Å². The molecule has 0 radical (unpaired) electrons. The fraction of sp³-hybridized carbons (Fsp3) is 0.286. The zero-order chi connectivity index (χ0) is 34.4. The van der Waals surface area contributed by atoms with Gasteiger partial charge in [-0.25, -0.2) is 19.4 Å². The van der Waals surface area contributed by atoms with E-state index < -0.39 is 29.5 Å². The maximum absolute atomic E-state index is 14.1. The molecular weight excluding hydrogens is 640 g/mol. The second-order valence-corrected chi connectivity index (χ2v) is 11.3. The standard InChI is InChI=1S/C35H34N2O10S/c1-6-43-27-17-22(12-14-26(27)46-19-29(38)42-5)31-30(34(41)45-8-3)20(4)36-35-37(31)32(39)28(48-35)18-24-13-15-25(47-24)21-10-9-11-23(16-21)33(40)44-7-2/h9-18,31H,6-8,19H2,1-5H3/b28-18+/t31-/m1/s1. The van der Waals surface area contributed by atoms with E-state index in [2.05, 4.69) is 9.73 Å². The molecule has 13 heteroatoms. The summed E-state index contributed by atoms with van der Waals surface area (Å²) in [5, 5.41) is 0. The number of esters is 3. The number of ether oxygens (including phenoxy) is 5. The minimum absolute atomic E-state index is 0.126. The van der Waals surface area contributed by atoms with E-state index in [-0.39, 0.29) is 25.4 Å². The Balaban J connectivity index is 1.58. The number of furan rings is 1. The highest BCUT2D eigenvalue weighted by atomic mass is 32.1. The van der Waals surface area contributed by atoms with Crippen molar-refractivity contribution in [2.45, 2.75) is 33.7 Å². The fourth-order valence-corrected chi connectivity index (χ4v) is 6.14. The molecule has 0 N–H and O–H groups in total. The van der Waals surface area contributed by atoms with Crippen molar-refractivity contribution in [2.24, 2.45) is 4.99 Å². The van der Waals surface area contributed by atoms with Gasteiger partial charge >= 0.3 is 17.9 Å². The molecule has 4 aromatic rings. The molecule has 0 spiro atoms. The van der Waals surface area contributed by atoms with Crippen LogP contribution in [0.5, 0.6) is 11.5 Å². The highest BCUT2D eigenvalue weighted by molar-refractivity contribution is 7.07. The minimum atomic E-state index is -0.908. The van der Waals surface area contributed by atoms with Gasteiger partial charge in [-0.1, -0.05) is 29.5 Å². The molecule has 12 nitrogen and oxygen atoms in total. The van der Waals surface area contributed by atoms with Crippen LogP contribution in [0, 0.1) is 0 Å². The van der Waals surface area contributed by atoms with Crippen LogP contribution < -0.4 is 24.4 Å². The number of nitrogens with zero attached hydrogens (tertiary/aromatic N) is 2. The summed E-state index contributed by atoms with van der Waals surface area (Å²) in [6, 6.07) is 14.4. The van der Waals surface area contributed by atoms with E-state index in [0.717, 1.165) is 11.3 Å². The Morgan fingerprint density at radius 1 is 0.938 bits per heavy atom. The lowest BCUT2D eigenvalue weighted by molar-refractivity contribution is -0.143. The van der Waals surface area contributed by atoms with Crippen LogP contribution in [0.15, 0.2) is 80.1 Å². The summed E-state index contributed by atoms with van der Waals surface area (Å²) in [4.78, 5) is 56.3. The molecule has 1 aliphatic rings. The summed E-state index contributed by atoms with van der Waals surface area (Å²) in [5.41, 5.74) is 1.80. The zero-order valence-corrected chi connectivity index (χ0v) is 27.9. The molecule has 2 aromatic carbocycles. The molecule has 48 heavy (non-hydrogen) atoms. The Morgan fingerprint density at radius 3 is 2.44 bits per heavy atom. The third kappa shape index (κ3) is 7.10. The second kappa shape index (κ2) is 15.0. The van der Waals surface area contributed by atoms with Gasteiger partial charge in [0.05, 0.1) is 54.3 Å². The molecule has 250 valence electrons. The summed E-state index contributed by atoms with van der Waals surface area (Å²) in [6.45, 7) is 7.27. The van der Waals surface area contributed by atoms with Crippen LogP contribution in [-0.2, 0) is 23.8 Å². The number of rotatable bonds is 12. The van der Waals surface area contributed by atoms with Crippen LogP contribution in [0.4, 0.5) is 0 Å². The highest BCUT2D eigenvalue weighted by Gasteiger charge is 2.34. The van der Waals surface area contributed by atoms with Crippen LogP contribution >= 0.6 is 11.3 Å². The number of benzene rings is 2. The number of hydrogen-bond acceptors (Lipinski definition) is 12. The maximum atomic E-state index is 14.1. The van der Waals surface area contributed by atoms with Crippen molar-refractivity contribution in [1.82, 2.24) is 4.57 Å². The Morgan fingerprint density at radius 2 is 1.71 bits per heavy atom.